The molecular formula is C19H15BrN4O3S2. The van der Waals surface area contributed by atoms with Gasteiger partial charge in [-0.15, -0.1) is 0 Å². The average Bonchev–Trinajstić information content (AvgIpc) is 2.98. The molecule has 0 aliphatic carbocycles. The van der Waals surface area contributed by atoms with Crippen LogP contribution in [0.1, 0.15) is 22.3 Å². The Morgan fingerprint density at radius 3 is 2.69 bits per heavy atom. The van der Waals surface area contributed by atoms with Gasteiger partial charge in [0.1, 0.15) is 4.32 Å². The van der Waals surface area contributed by atoms with Crippen LogP contribution < -0.4 is 10.9 Å². The van der Waals surface area contributed by atoms with E-state index in [2.05, 4.69) is 31.8 Å². The summed E-state index contributed by atoms with van der Waals surface area (Å²) >= 11 is 9.86. The molecule has 0 unspecified atom stereocenters. The van der Waals surface area contributed by atoms with Gasteiger partial charge in [-0.05, 0) is 35.9 Å². The van der Waals surface area contributed by atoms with Crippen LogP contribution in [0.5, 0.6) is 0 Å². The number of benzene rings is 1. The number of nitrogens with zero attached hydrogens (tertiary/aromatic N) is 2. The predicted octanol–water partition coefficient (Wildman–Crippen LogP) is 2.90. The zero-order chi connectivity index (χ0) is 20.8. The molecule has 0 radical (unpaired) electrons. The predicted molar refractivity (Wildman–Crippen MR) is 118 cm³/mol. The van der Waals surface area contributed by atoms with E-state index in [-0.39, 0.29) is 18.9 Å². The fraction of sp³-hybridized carbons (Fsp3) is 0.105. The first-order valence-corrected chi connectivity index (χ1v) is 10.5. The lowest BCUT2D eigenvalue weighted by Crippen LogP contribution is -2.43. The Labute approximate surface area is 185 Å². The summed E-state index contributed by atoms with van der Waals surface area (Å²) in [5.74, 6) is -1.13. The van der Waals surface area contributed by atoms with Crippen molar-refractivity contribution in [1.29, 1.82) is 0 Å². The Kier molecular flexibility index (Phi) is 7.13. The fourth-order valence-corrected chi connectivity index (χ4v) is 4.14. The number of nitrogens with one attached hydrogen (secondary N) is 2. The second kappa shape index (κ2) is 9.77. The summed E-state index contributed by atoms with van der Waals surface area (Å²) in [7, 11) is 0. The van der Waals surface area contributed by atoms with Gasteiger partial charge < -0.3 is 0 Å². The van der Waals surface area contributed by atoms with E-state index >= 15 is 0 Å². The van der Waals surface area contributed by atoms with Gasteiger partial charge in [0.2, 0.25) is 5.91 Å². The maximum Gasteiger partial charge on any atom is 0.269 e. The molecule has 0 saturated carbocycles. The first kappa shape index (κ1) is 21.2. The van der Waals surface area contributed by atoms with Gasteiger partial charge in [0, 0.05) is 35.4 Å². The summed E-state index contributed by atoms with van der Waals surface area (Å²) in [6.07, 6.45) is 4.72. The third-order valence-electron chi connectivity index (χ3n) is 3.84. The molecule has 10 heteroatoms. The number of hydrazine groups is 1. The van der Waals surface area contributed by atoms with Gasteiger partial charge in [-0.2, -0.15) is 0 Å². The van der Waals surface area contributed by atoms with Gasteiger partial charge in [-0.1, -0.05) is 52.0 Å². The highest BCUT2D eigenvalue weighted by Gasteiger charge is 2.32. The molecule has 1 aliphatic rings. The molecule has 2 heterocycles. The van der Waals surface area contributed by atoms with E-state index in [4.69, 9.17) is 12.2 Å². The Balaban J connectivity index is 1.52. The van der Waals surface area contributed by atoms with Crippen LogP contribution in [0, 0.1) is 0 Å². The number of carbonyl (C=O) groups is 3. The van der Waals surface area contributed by atoms with Gasteiger partial charge in [0.25, 0.3) is 11.8 Å². The largest absolute Gasteiger partial charge is 0.292 e. The lowest BCUT2D eigenvalue weighted by atomic mass is 10.2. The molecule has 1 aliphatic heterocycles. The van der Waals surface area contributed by atoms with E-state index in [1.54, 1.807) is 6.08 Å². The minimum atomic E-state index is -0.455. The molecule has 0 bridgehead atoms. The fourth-order valence-electron chi connectivity index (χ4n) is 2.42. The van der Waals surface area contributed by atoms with Crippen molar-refractivity contribution in [1.82, 2.24) is 20.7 Å². The maximum atomic E-state index is 12.6. The molecule has 2 aromatic rings. The molecule has 148 valence electrons. The second-order valence-electron chi connectivity index (χ2n) is 5.88. The minimum absolute atomic E-state index is 0.00672. The third-order valence-corrected chi connectivity index (χ3v) is 5.71. The Morgan fingerprint density at radius 2 is 1.97 bits per heavy atom. The number of rotatable bonds is 5. The smallest absolute Gasteiger partial charge is 0.269 e. The zero-order valence-corrected chi connectivity index (χ0v) is 18.1. The summed E-state index contributed by atoms with van der Waals surface area (Å²) in [6, 6.07) is 10.6. The number of hydrogen-bond donors (Lipinski definition) is 2. The van der Waals surface area contributed by atoms with Crippen LogP contribution in [-0.2, 0) is 9.59 Å². The number of pyridine rings is 1. The molecular weight excluding hydrogens is 476 g/mol. The van der Waals surface area contributed by atoms with Crippen molar-refractivity contribution in [3.63, 3.8) is 0 Å². The van der Waals surface area contributed by atoms with Crippen LogP contribution in [0.3, 0.4) is 0 Å². The molecule has 1 aromatic carbocycles. The average molecular weight is 491 g/mol. The number of hydrogen-bond acceptors (Lipinski definition) is 6. The van der Waals surface area contributed by atoms with Crippen molar-refractivity contribution in [2.45, 2.75) is 6.42 Å². The first-order chi connectivity index (χ1) is 13.9. The number of aromatic nitrogens is 1. The Hall–Kier alpha value is -2.56. The van der Waals surface area contributed by atoms with Crippen LogP contribution in [0.25, 0.3) is 6.08 Å². The van der Waals surface area contributed by atoms with Crippen LogP contribution in [0.15, 0.2) is 58.2 Å². The van der Waals surface area contributed by atoms with Crippen LogP contribution in [-0.4, -0.2) is 38.5 Å². The zero-order valence-electron chi connectivity index (χ0n) is 14.9. The minimum Gasteiger partial charge on any atom is -0.292 e. The monoisotopic (exact) mass is 490 g/mol. The van der Waals surface area contributed by atoms with Crippen LogP contribution in [0.4, 0.5) is 0 Å². The SMILES string of the molecule is O=C(CCN1C(=O)/C(=C/c2cccc(Br)c2)SC1=S)NNC(=O)c1ccncc1. The highest BCUT2D eigenvalue weighted by Crippen LogP contribution is 2.32. The number of thiocarbonyl (C=S) groups is 1. The first-order valence-electron chi connectivity index (χ1n) is 8.44. The van der Waals surface area contributed by atoms with E-state index in [9.17, 15) is 14.4 Å². The van der Waals surface area contributed by atoms with Crippen molar-refractivity contribution in [3.8, 4) is 0 Å². The van der Waals surface area contributed by atoms with Gasteiger partial charge in [0.05, 0.1) is 4.91 Å². The molecule has 1 fully saturated rings. The van der Waals surface area contributed by atoms with E-state index < -0.39 is 11.8 Å². The number of halogens is 1. The van der Waals surface area contributed by atoms with Crippen LogP contribution in [0.2, 0.25) is 0 Å². The van der Waals surface area contributed by atoms with Crippen molar-refractivity contribution >= 4 is 68.0 Å². The third kappa shape index (κ3) is 5.72. The number of amides is 3. The summed E-state index contributed by atoms with van der Waals surface area (Å²) in [4.78, 5) is 42.2. The quantitative estimate of drug-likeness (QED) is 0.380. The molecule has 1 aromatic heterocycles. The van der Waals surface area contributed by atoms with E-state index in [1.165, 1.54) is 41.2 Å². The van der Waals surface area contributed by atoms with E-state index in [0.29, 0.717) is 14.8 Å². The number of thioether (sulfide) groups is 1. The summed E-state index contributed by atoms with van der Waals surface area (Å²) in [5.41, 5.74) is 5.89. The van der Waals surface area contributed by atoms with Gasteiger partial charge in [-0.25, -0.2) is 0 Å². The second-order valence-corrected chi connectivity index (χ2v) is 8.47. The van der Waals surface area contributed by atoms with Crippen molar-refractivity contribution in [2.24, 2.45) is 0 Å². The van der Waals surface area contributed by atoms with Crippen molar-refractivity contribution in [2.75, 3.05) is 6.54 Å². The molecule has 29 heavy (non-hydrogen) atoms. The van der Waals surface area contributed by atoms with E-state index in [1.807, 2.05) is 24.3 Å². The lowest BCUT2D eigenvalue weighted by molar-refractivity contribution is -0.124. The van der Waals surface area contributed by atoms with Crippen LogP contribution >= 0.6 is 39.9 Å². The Bertz CT molecular complexity index is 998. The van der Waals surface area contributed by atoms with Gasteiger partial charge >= 0.3 is 0 Å². The lowest BCUT2D eigenvalue weighted by Gasteiger charge is -2.14. The topological polar surface area (TPSA) is 91.4 Å². The molecule has 1 saturated heterocycles. The standard InChI is InChI=1S/C19H15BrN4O3S2/c20-14-3-1-2-12(10-14)11-15-18(27)24(19(28)29-15)9-6-16(25)22-23-17(26)13-4-7-21-8-5-13/h1-5,7-8,10-11H,6,9H2,(H,22,25)(H,23,26)/b15-11-. The molecule has 3 amide bonds. The normalized spacial score (nSPS) is 14.9. The van der Waals surface area contributed by atoms with Crippen molar-refractivity contribution < 1.29 is 14.4 Å². The summed E-state index contributed by atoms with van der Waals surface area (Å²) < 4.78 is 1.30. The van der Waals surface area contributed by atoms with E-state index in [0.717, 1.165) is 10.0 Å². The highest BCUT2D eigenvalue weighted by atomic mass is 79.9. The van der Waals surface area contributed by atoms with Crippen molar-refractivity contribution in [3.05, 3.63) is 69.3 Å². The highest BCUT2D eigenvalue weighted by molar-refractivity contribution is 9.10. The molecule has 0 spiro atoms. The van der Waals surface area contributed by atoms with Gasteiger partial charge in [-0.3, -0.25) is 35.1 Å². The maximum absolute atomic E-state index is 12.6. The number of carbonyl (C=O) groups excluding carboxylic acids is 3. The Morgan fingerprint density at radius 1 is 1.21 bits per heavy atom. The summed E-state index contributed by atoms with van der Waals surface area (Å²) in [5, 5.41) is 0. The molecule has 7 nitrogen and oxygen atoms in total. The molecule has 2 N–H and O–H groups in total. The summed E-state index contributed by atoms with van der Waals surface area (Å²) in [6.45, 7) is 0.122. The van der Waals surface area contributed by atoms with Gasteiger partial charge in [0.15, 0.2) is 0 Å². The molecule has 0 atom stereocenters. The molecule has 3 rings (SSSR count).